The summed E-state index contributed by atoms with van der Waals surface area (Å²) < 4.78 is 0. The van der Waals surface area contributed by atoms with Gasteiger partial charge in [-0.05, 0) is 10.9 Å². The molecule has 0 heterocycles. The molecule has 0 fully saturated rings. The fraction of sp³-hybridized carbons (Fsp3) is 0.417. The van der Waals surface area contributed by atoms with Crippen LogP contribution in [0.3, 0.4) is 0 Å². The number of carboxylic acids is 1. The third kappa shape index (κ3) is 4.68. The molecule has 0 saturated heterocycles. The number of hydrogen-bond donors (Lipinski definition) is 1. The minimum atomic E-state index is -1.16. The van der Waals surface area contributed by atoms with Crippen LogP contribution in [0.2, 0.25) is 0 Å². The summed E-state index contributed by atoms with van der Waals surface area (Å²) in [6.07, 6.45) is 2.63. The van der Waals surface area contributed by atoms with Crippen LogP contribution in [0.1, 0.15) is 12.0 Å². The van der Waals surface area contributed by atoms with Crippen LogP contribution in [-0.2, 0) is 21.4 Å². The predicted octanol–water partition coefficient (Wildman–Crippen LogP) is -0.0980. The largest absolute Gasteiger partial charge is 0.548 e. The molecule has 0 bridgehead atoms. The zero-order valence-electron chi connectivity index (χ0n) is 9.39. The fourth-order valence-electron chi connectivity index (χ4n) is 1.38. The van der Waals surface area contributed by atoms with Gasteiger partial charge in [-0.25, -0.2) is 0 Å². The maximum atomic E-state index is 10.4. The Kier molecular flexibility index (Phi) is 5.35. The van der Waals surface area contributed by atoms with E-state index in [9.17, 15) is 9.90 Å². The highest BCUT2D eigenvalue weighted by atomic mass is 32.2. The Morgan fingerprint density at radius 1 is 1.44 bits per heavy atom. The van der Waals surface area contributed by atoms with E-state index in [1.807, 2.05) is 18.2 Å². The quantitative estimate of drug-likeness (QED) is 0.705. The van der Waals surface area contributed by atoms with Crippen molar-refractivity contribution in [2.75, 3.05) is 12.0 Å². The molecule has 0 aliphatic rings. The lowest BCUT2D eigenvalue weighted by Crippen LogP contribution is -2.42. The molecule has 2 atom stereocenters. The molecule has 1 rings (SSSR count). The number of hydrogen-bond acceptors (Lipinski definition) is 3. The molecule has 16 heavy (non-hydrogen) atoms. The molecular formula is C12H17NO2S. The molecule has 1 aromatic rings. The predicted molar refractivity (Wildman–Crippen MR) is 65.9 cm³/mol. The fourth-order valence-corrected chi connectivity index (χ4v) is 2.94. The van der Waals surface area contributed by atoms with E-state index >= 15 is 0 Å². The lowest BCUT2D eigenvalue weighted by Gasteiger charge is -2.11. The van der Waals surface area contributed by atoms with Crippen molar-refractivity contribution in [3.8, 4) is 0 Å². The number of aliphatic carboxylic acids is 1. The Morgan fingerprint density at radius 3 is 2.62 bits per heavy atom. The van der Waals surface area contributed by atoms with E-state index in [2.05, 4.69) is 18.4 Å². The van der Waals surface area contributed by atoms with Crippen molar-refractivity contribution in [2.24, 2.45) is 5.73 Å². The van der Waals surface area contributed by atoms with Gasteiger partial charge in [-0.15, -0.1) is 0 Å². The van der Waals surface area contributed by atoms with Gasteiger partial charge < -0.3 is 15.6 Å². The average Bonchev–Trinajstić information content (AvgIpc) is 2.27. The topological polar surface area (TPSA) is 66.2 Å². The number of rotatable bonds is 6. The van der Waals surface area contributed by atoms with Gasteiger partial charge in [-0.1, -0.05) is 30.3 Å². The Hall–Kier alpha value is -1.00. The van der Waals surface area contributed by atoms with Gasteiger partial charge in [0.1, 0.15) is 11.5 Å². The summed E-state index contributed by atoms with van der Waals surface area (Å²) in [5, 5.41) is 10.4. The van der Waals surface area contributed by atoms with Crippen LogP contribution in [0.5, 0.6) is 0 Å². The molecule has 0 spiro atoms. The molecular weight excluding hydrogens is 222 g/mol. The van der Waals surface area contributed by atoms with Crippen molar-refractivity contribution >= 4 is 16.9 Å². The van der Waals surface area contributed by atoms with Gasteiger partial charge in [-0.2, -0.15) is 0 Å². The van der Waals surface area contributed by atoms with E-state index < -0.39 is 12.0 Å². The molecule has 2 N–H and O–H groups in total. The second-order valence-electron chi connectivity index (χ2n) is 3.83. The Balaban J connectivity index is 2.31. The van der Waals surface area contributed by atoms with Crippen molar-refractivity contribution in [1.82, 2.24) is 0 Å². The number of carboxylic acid groups (broad SMARTS) is 1. The monoisotopic (exact) mass is 239 g/mol. The Morgan fingerprint density at radius 2 is 2.06 bits per heavy atom. The first-order valence-corrected chi connectivity index (χ1v) is 7.16. The van der Waals surface area contributed by atoms with Gasteiger partial charge in [0.25, 0.3) is 0 Å². The Bertz CT molecular complexity index is 329. The van der Waals surface area contributed by atoms with Gasteiger partial charge >= 0.3 is 0 Å². The second-order valence-corrected chi connectivity index (χ2v) is 6.09. The molecule has 0 amide bonds. The smallest absolute Gasteiger partial charge is 0.132 e. The molecule has 0 aliphatic heterocycles. The molecule has 88 valence electrons. The van der Waals surface area contributed by atoms with Crippen LogP contribution >= 0.6 is 0 Å². The van der Waals surface area contributed by atoms with Crippen molar-refractivity contribution in [2.45, 2.75) is 18.2 Å². The first kappa shape index (κ1) is 13.1. The van der Waals surface area contributed by atoms with Crippen LogP contribution in [0.4, 0.5) is 0 Å². The summed E-state index contributed by atoms with van der Waals surface area (Å²) in [7, 11) is 0.171. The summed E-state index contributed by atoms with van der Waals surface area (Å²) in [6.45, 7) is 0. The minimum absolute atomic E-state index is 0.171. The molecule has 0 aromatic heterocycles. The van der Waals surface area contributed by atoms with E-state index in [0.29, 0.717) is 6.42 Å². The highest BCUT2D eigenvalue weighted by Gasteiger charge is 2.14. The SMILES string of the molecule is C[S+](CC[C@H](N)C(=O)[O-])Cc1ccccc1. The lowest BCUT2D eigenvalue weighted by atomic mass is 10.2. The van der Waals surface area contributed by atoms with Gasteiger partial charge in [0, 0.05) is 18.0 Å². The number of carbonyl (C=O) groups is 1. The lowest BCUT2D eigenvalue weighted by molar-refractivity contribution is -0.307. The molecule has 0 aliphatic carbocycles. The van der Waals surface area contributed by atoms with Crippen LogP contribution in [0.15, 0.2) is 30.3 Å². The van der Waals surface area contributed by atoms with Crippen molar-refractivity contribution in [3.05, 3.63) is 35.9 Å². The summed E-state index contributed by atoms with van der Waals surface area (Å²) >= 11 is 0. The van der Waals surface area contributed by atoms with E-state index in [1.165, 1.54) is 5.56 Å². The number of carbonyl (C=O) groups excluding carboxylic acids is 1. The summed E-state index contributed by atoms with van der Waals surface area (Å²) in [5.41, 5.74) is 6.69. The number of nitrogens with two attached hydrogens (primary N) is 1. The molecule has 0 saturated carbocycles. The van der Waals surface area contributed by atoms with Gasteiger partial charge in [0.15, 0.2) is 0 Å². The first-order valence-electron chi connectivity index (χ1n) is 5.19. The third-order valence-corrected chi connectivity index (χ3v) is 4.09. The average molecular weight is 239 g/mol. The molecule has 4 heteroatoms. The molecule has 1 aromatic carbocycles. The zero-order chi connectivity index (χ0) is 12.0. The van der Waals surface area contributed by atoms with Crippen molar-refractivity contribution in [3.63, 3.8) is 0 Å². The second kappa shape index (κ2) is 6.55. The van der Waals surface area contributed by atoms with Crippen LogP contribution < -0.4 is 10.8 Å². The highest BCUT2D eigenvalue weighted by molar-refractivity contribution is 7.95. The first-order chi connectivity index (χ1) is 7.59. The van der Waals surface area contributed by atoms with Gasteiger partial charge in [-0.3, -0.25) is 0 Å². The minimum Gasteiger partial charge on any atom is -0.548 e. The maximum absolute atomic E-state index is 10.4. The van der Waals surface area contributed by atoms with Crippen LogP contribution in [0.25, 0.3) is 0 Å². The standard InChI is InChI=1S/C12H17NO2S/c1-16(8-7-11(13)12(14)15)9-10-5-3-2-4-6-10/h2-6,11H,7-9,13H2,1H3/t11-,16?/m0/s1. The van der Waals surface area contributed by atoms with Gasteiger partial charge in [0.05, 0.1) is 12.2 Å². The molecule has 3 nitrogen and oxygen atoms in total. The highest BCUT2D eigenvalue weighted by Crippen LogP contribution is 2.08. The maximum Gasteiger partial charge on any atom is 0.132 e. The van der Waals surface area contributed by atoms with Crippen molar-refractivity contribution < 1.29 is 9.90 Å². The van der Waals surface area contributed by atoms with E-state index in [-0.39, 0.29) is 10.9 Å². The van der Waals surface area contributed by atoms with Crippen LogP contribution in [0, 0.1) is 0 Å². The van der Waals surface area contributed by atoms with E-state index in [0.717, 1.165) is 11.5 Å². The summed E-state index contributed by atoms with van der Waals surface area (Å²) in [4.78, 5) is 10.4. The van der Waals surface area contributed by atoms with Crippen LogP contribution in [-0.4, -0.2) is 24.0 Å². The Labute approximate surface area is 99.0 Å². The van der Waals surface area contributed by atoms with E-state index in [1.54, 1.807) is 0 Å². The molecule has 1 unspecified atom stereocenters. The van der Waals surface area contributed by atoms with E-state index in [4.69, 9.17) is 5.73 Å². The summed E-state index contributed by atoms with van der Waals surface area (Å²) in [6, 6.07) is 9.36. The number of benzene rings is 1. The van der Waals surface area contributed by atoms with Crippen molar-refractivity contribution in [1.29, 1.82) is 0 Å². The van der Waals surface area contributed by atoms with Gasteiger partial charge in [0.2, 0.25) is 0 Å². The zero-order valence-corrected chi connectivity index (χ0v) is 10.2. The molecule has 0 radical (unpaired) electrons. The third-order valence-electron chi connectivity index (χ3n) is 2.34. The normalized spacial score (nSPS) is 14.4. The summed E-state index contributed by atoms with van der Waals surface area (Å²) in [5.74, 6) is 0.668.